The van der Waals surface area contributed by atoms with Crippen molar-refractivity contribution in [1.29, 1.82) is 0 Å². The van der Waals surface area contributed by atoms with E-state index in [4.69, 9.17) is 21.1 Å². The minimum Gasteiger partial charge on any atom is -0.486 e. The number of carbonyl (C=O) groups is 1. The van der Waals surface area contributed by atoms with Gasteiger partial charge in [0.05, 0.1) is 24.3 Å². The highest BCUT2D eigenvalue weighted by atomic mass is 35.5. The Labute approximate surface area is 204 Å². The van der Waals surface area contributed by atoms with Gasteiger partial charge in [-0.15, -0.1) is 0 Å². The van der Waals surface area contributed by atoms with E-state index in [2.05, 4.69) is 38.3 Å². The zero-order valence-corrected chi connectivity index (χ0v) is 20.0. The van der Waals surface area contributed by atoms with Crippen molar-refractivity contribution in [1.82, 2.24) is 20.1 Å². The Morgan fingerprint density at radius 2 is 1.85 bits per heavy atom. The largest absolute Gasteiger partial charge is 0.486 e. The predicted octanol–water partition coefficient (Wildman–Crippen LogP) is 3.40. The molecule has 0 saturated carbocycles. The molecule has 1 aromatic heterocycles. The van der Waals surface area contributed by atoms with Crippen molar-refractivity contribution in [2.24, 2.45) is 0 Å². The number of nitrogens with one attached hydrogen (secondary N) is 2. The number of ether oxygens (including phenoxy) is 2. The third-order valence-electron chi connectivity index (χ3n) is 6.23. The van der Waals surface area contributed by atoms with E-state index in [0.717, 1.165) is 60.8 Å². The van der Waals surface area contributed by atoms with Gasteiger partial charge in [0.25, 0.3) is 5.91 Å². The quantitative estimate of drug-likeness (QED) is 0.542. The lowest BCUT2D eigenvalue weighted by atomic mass is 10.1. The topological polar surface area (TPSA) is 67.8 Å². The fraction of sp³-hybridized carbons (Fsp3) is 0.346. The number of hydrogen-bond acceptors (Lipinski definition) is 5. The molecule has 178 valence electrons. The van der Waals surface area contributed by atoms with Crippen molar-refractivity contribution < 1.29 is 14.3 Å². The number of morpholine rings is 1. The van der Waals surface area contributed by atoms with Crippen LogP contribution < -0.4 is 15.4 Å². The molecule has 1 saturated heterocycles. The fourth-order valence-corrected chi connectivity index (χ4v) is 4.63. The summed E-state index contributed by atoms with van der Waals surface area (Å²) < 4.78 is 13.8. The molecule has 0 bridgehead atoms. The van der Waals surface area contributed by atoms with Crippen LogP contribution in [0.3, 0.4) is 0 Å². The van der Waals surface area contributed by atoms with Gasteiger partial charge in [0, 0.05) is 55.0 Å². The van der Waals surface area contributed by atoms with Crippen molar-refractivity contribution in [3.63, 3.8) is 0 Å². The first-order valence-electron chi connectivity index (χ1n) is 11.6. The van der Waals surface area contributed by atoms with Crippen LogP contribution in [0.25, 0.3) is 17.1 Å². The van der Waals surface area contributed by atoms with Crippen LogP contribution in [0.1, 0.15) is 16.8 Å². The Bertz CT molecular complexity index is 1210. The molecular formula is C26H29ClN4O3. The predicted molar refractivity (Wildman–Crippen MR) is 134 cm³/mol. The summed E-state index contributed by atoms with van der Waals surface area (Å²) in [7, 11) is 1.92. The van der Waals surface area contributed by atoms with Crippen LogP contribution in [0.2, 0.25) is 5.02 Å². The van der Waals surface area contributed by atoms with E-state index in [1.165, 1.54) is 5.56 Å². The Balaban J connectivity index is 1.41. The Morgan fingerprint density at radius 1 is 1.06 bits per heavy atom. The number of amides is 1. The second-order valence-corrected chi connectivity index (χ2v) is 9.14. The van der Waals surface area contributed by atoms with Crippen molar-refractivity contribution in [2.45, 2.75) is 19.6 Å². The molecule has 1 fully saturated rings. The third-order valence-corrected chi connectivity index (χ3v) is 6.48. The summed E-state index contributed by atoms with van der Waals surface area (Å²) in [5.74, 6) is 0.661. The van der Waals surface area contributed by atoms with Crippen LogP contribution in [0.5, 0.6) is 5.75 Å². The van der Waals surface area contributed by atoms with E-state index in [9.17, 15) is 4.79 Å². The molecule has 2 aliphatic heterocycles. The van der Waals surface area contributed by atoms with Crippen LogP contribution in [0.4, 0.5) is 0 Å². The monoisotopic (exact) mass is 480 g/mol. The molecule has 7 nitrogen and oxygen atoms in total. The first-order valence-corrected chi connectivity index (χ1v) is 12.0. The molecular weight excluding hydrogens is 452 g/mol. The normalized spacial score (nSPS) is 16.1. The number of carbonyl (C=O) groups excluding carboxylic acids is 1. The average molecular weight is 481 g/mol. The molecule has 2 N–H and O–H groups in total. The van der Waals surface area contributed by atoms with Gasteiger partial charge >= 0.3 is 0 Å². The Kier molecular flexibility index (Phi) is 6.87. The van der Waals surface area contributed by atoms with Gasteiger partial charge in [-0.1, -0.05) is 23.7 Å². The van der Waals surface area contributed by atoms with E-state index in [0.29, 0.717) is 23.7 Å². The van der Waals surface area contributed by atoms with Gasteiger partial charge in [-0.25, -0.2) is 0 Å². The number of benzene rings is 2. The summed E-state index contributed by atoms with van der Waals surface area (Å²) >= 11 is 5.96. The molecule has 2 aliphatic rings. The van der Waals surface area contributed by atoms with E-state index < -0.39 is 0 Å². The molecule has 34 heavy (non-hydrogen) atoms. The molecule has 3 aromatic rings. The standard InChI is InChI=1S/C26H29ClN4O3/c1-28-14-23-12-20-10-19(15-30-6-8-33-9-7-30)11-24-25(20)31(23)16-21(17-34-24)26(32)29-13-18-2-4-22(27)5-3-18/h2-5,10-12,16,28H,6-9,13-15,17H2,1H3,(H,29,32). The summed E-state index contributed by atoms with van der Waals surface area (Å²) in [4.78, 5) is 15.4. The van der Waals surface area contributed by atoms with Gasteiger partial charge in [-0.3, -0.25) is 9.69 Å². The number of rotatable bonds is 7. The highest BCUT2D eigenvalue weighted by molar-refractivity contribution is 6.30. The Hall–Kier alpha value is -2.84. The summed E-state index contributed by atoms with van der Waals surface area (Å²) in [6.07, 6.45) is 1.91. The van der Waals surface area contributed by atoms with Crippen LogP contribution in [-0.2, 0) is 29.2 Å². The van der Waals surface area contributed by atoms with Crippen molar-refractivity contribution in [3.8, 4) is 5.75 Å². The molecule has 5 rings (SSSR count). The summed E-state index contributed by atoms with van der Waals surface area (Å²) in [5.41, 5.74) is 4.85. The number of hydrogen-bond donors (Lipinski definition) is 2. The molecule has 0 radical (unpaired) electrons. The maximum atomic E-state index is 13.0. The van der Waals surface area contributed by atoms with Gasteiger partial charge in [0.15, 0.2) is 0 Å². The lowest BCUT2D eigenvalue weighted by Crippen LogP contribution is -2.35. The van der Waals surface area contributed by atoms with Crippen molar-refractivity contribution in [2.75, 3.05) is 40.0 Å². The second kappa shape index (κ2) is 10.2. The molecule has 3 heterocycles. The van der Waals surface area contributed by atoms with Gasteiger partial charge in [-0.05, 0) is 48.5 Å². The highest BCUT2D eigenvalue weighted by Crippen LogP contribution is 2.34. The number of aromatic nitrogens is 1. The minimum absolute atomic E-state index is 0.145. The average Bonchev–Trinajstić information content (AvgIpc) is 3.05. The SMILES string of the molecule is CNCc1cc2cc(CN3CCOCC3)cc3c2n1C=C(C(=O)NCc1ccc(Cl)cc1)CO3. The maximum absolute atomic E-state index is 13.0. The molecule has 0 unspecified atom stereocenters. The summed E-state index contributed by atoms with van der Waals surface area (Å²) in [5, 5.41) is 8.03. The van der Waals surface area contributed by atoms with E-state index in [-0.39, 0.29) is 12.5 Å². The van der Waals surface area contributed by atoms with Gasteiger partial charge in [-0.2, -0.15) is 0 Å². The third kappa shape index (κ3) is 4.98. The second-order valence-electron chi connectivity index (χ2n) is 8.71. The van der Waals surface area contributed by atoms with Gasteiger partial charge in [0.1, 0.15) is 12.4 Å². The maximum Gasteiger partial charge on any atom is 0.252 e. The highest BCUT2D eigenvalue weighted by Gasteiger charge is 2.21. The Morgan fingerprint density at radius 3 is 2.62 bits per heavy atom. The van der Waals surface area contributed by atoms with E-state index >= 15 is 0 Å². The lowest BCUT2D eigenvalue weighted by molar-refractivity contribution is -0.117. The molecule has 0 atom stereocenters. The van der Waals surface area contributed by atoms with Crippen molar-refractivity contribution >= 4 is 34.6 Å². The van der Waals surface area contributed by atoms with E-state index in [1.807, 2.05) is 37.5 Å². The number of halogens is 1. The summed E-state index contributed by atoms with van der Waals surface area (Å²) in [6.45, 7) is 5.57. The first kappa shape index (κ1) is 22.9. The molecule has 2 aromatic carbocycles. The zero-order valence-electron chi connectivity index (χ0n) is 19.3. The van der Waals surface area contributed by atoms with E-state index in [1.54, 1.807) is 0 Å². The van der Waals surface area contributed by atoms with Gasteiger partial charge < -0.3 is 24.7 Å². The van der Waals surface area contributed by atoms with Crippen LogP contribution in [0, 0.1) is 0 Å². The molecule has 0 aliphatic carbocycles. The van der Waals surface area contributed by atoms with Crippen LogP contribution in [0.15, 0.2) is 48.0 Å². The molecule has 1 amide bonds. The zero-order chi connectivity index (χ0) is 23.5. The number of nitrogens with zero attached hydrogens (tertiary/aromatic N) is 2. The van der Waals surface area contributed by atoms with Crippen molar-refractivity contribution in [3.05, 3.63) is 69.9 Å². The fourth-order valence-electron chi connectivity index (χ4n) is 4.50. The molecule has 8 heteroatoms. The smallest absolute Gasteiger partial charge is 0.252 e. The minimum atomic E-state index is -0.145. The lowest BCUT2D eigenvalue weighted by Gasteiger charge is -2.26. The van der Waals surface area contributed by atoms with Crippen LogP contribution >= 0.6 is 11.6 Å². The van der Waals surface area contributed by atoms with Crippen LogP contribution in [-0.4, -0.2) is 55.3 Å². The molecule has 0 spiro atoms. The van der Waals surface area contributed by atoms with Gasteiger partial charge in [0.2, 0.25) is 0 Å². The first-order chi connectivity index (χ1) is 16.6. The summed E-state index contributed by atoms with van der Waals surface area (Å²) in [6, 6.07) is 14.0.